The van der Waals surface area contributed by atoms with Crippen molar-refractivity contribution in [3.05, 3.63) is 29.8 Å². The van der Waals surface area contributed by atoms with E-state index in [2.05, 4.69) is 11.8 Å². The summed E-state index contributed by atoms with van der Waals surface area (Å²) >= 11 is 4.97. The standard InChI is InChI=1S/C15H22N2OS/c1-2-13-6-4-8-17(13)9-10-18-14-7-3-5-12(11-14)15(16)19/h3,5,7,11,13H,2,4,6,8-10H2,1H3,(H2,16,19). The van der Waals surface area contributed by atoms with Crippen LogP contribution >= 0.6 is 12.2 Å². The maximum atomic E-state index is 5.79. The highest BCUT2D eigenvalue weighted by molar-refractivity contribution is 7.80. The van der Waals surface area contributed by atoms with Gasteiger partial charge in [0.15, 0.2) is 0 Å². The van der Waals surface area contributed by atoms with Crippen LogP contribution in [-0.4, -0.2) is 35.6 Å². The topological polar surface area (TPSA) is 38.5 Å². The minimum atomic E-state index is 0.413. The van der Waals surface area contributed by atoms with Crippen molar-refractivity contribution >= 4 is 17.2 Å². The highest BCUT2D eigenvalue weighted by atomic mass is 32.1. The van der Waals surface area contributed by atoms with Gasteiger partial charge < -0.3 is 10.5 Å². The fraction of sp³-hybridized carbons (Fsp3) is 0.533. The third kappa shape index (κ3) is 3.91. The van der Waals surface area contributed by atoms with E-state index in [-0.39, 0.29) is 0 Å². The number of thiocarbonyl (C=S) groups is 1. The van der Waals surface area contributed by atoms with Gasteiger partial charge in [0.2, 0.25) is 0 Å². The van der Waals surface area contributed by atoms with Gasteiger partial charge in [0, 0.05) is 18.2 Å². The molecule has 0 amide bonds. The van der Waals surface area contributed by atoms with Gasteiger partial charge in [0.25, 0.3) is 0 Å². The number of likely N-dealkylation sites (tertiary alicyclic amines) is 1. The second-order valence-corrected chi connectivity index (χ2v) is 5.42. The molecule has 1 aliphatic rings. The van der Waals surface area contributed by atoms with E-state index in [1.165, 1.54) is 25.8 Å². The minimum absolute atomic E-state index is 0.413. The number of ether oxygens (including phenoxy) is 1. The van der Waals surface area contributed by atoms with E-state index in [1.54, 1.807) is 0 Å². The summed E-state index contributed by atoms with van der Waals surface area (Å²) in [4.78, 5) is 2.94. The lowest BCUT2D eigenvalue weighted by Crippen LogP contribution is -2.32. The van der Waals surface area contributed by atoms with Crippen LogP contribution in [0.25, 0.3) is 0 Å². The van der Waals surface area contributed by atoms with Gasteiger partial charge in [-0.05, 0) is 37.9 Å². The summed E-state index contributed by atoms with van der Waals surface area (Å²) in [5.41, 5.74) is 6.48. The van der Waals surface area contributed by atoms with E-state index in [0.29, 0.717) is 4.99 Å². The molecule has 2 N–H and O–H groups in total. The number of rotatable bonds is 6. The van der Waals surface area contributed by atoms with Crippen LogP contribution in [0, 0.1) is 0 Å². The van der Waals surface area contributed by atoms with Crippen molar-refractivity contribution in [3.8, 4) is 5.75 Å². The molecule has 0 aliphatic carbocycles. The highest BCUT2D eigenvalue weighted by Gasteiger charge is 2.22. The van der Waals surface area contributed by atoms with E-state index in [0.717, 1.165) is 30.5 Å². The summed E-state index contributed by atoms with van der Waals surface area (Å²) in [6.45, 7) is 5.18. The zero-order chi connectivity index (χ0) is 13.7. The molecule has 1 aromatic rings. The van der Waals surface area contributed by atoms with Crippen LogP contribution in [-0.2, 0) is 0 Å². The first-order valence-corrected chi connectivity index (χ1v) is 7.38. The molecule has 1 atom stereocenters. The van der Waals surface area contributed by atoms with E-state index in [4.69, 9.17) is 22.7 Å². The van der Waals surface area contributed by atoms with Crippen LogP contribution in [0.2, 0.25) is 0 Å². The average Bonchev–Trinajstić information content (AvgIpc) is 2.86. The van der Waals surface area contributed by atoms with E-state index in [1.807, 2.05) is 24.3 Å². The lowest BCUT2D eigenvalue weighted by molar-refractivity contribution is 0.193. The maximum absolute atomic E-state index is 5.79. The first-order chi connectivity index (χ1) is 9.20. The molecule has 0 spiro atoms. The Hall–Kier alpha value is -1.13. The molecular weight excluding hydrogens is 256 g/mol. The molecule has 1 saturated heterocycles. The lowest BCUT2D eigenvalue weighted by Gasteiger charge is -2.23. The van der Waals surface area contributed by atoms with Gasteiger partial charge in [-0.2, -0.15) is 0 Å². The first-order valence-electron chi connectivity index (χ1n) is 6.97. The molecule has 1 unspecified atom stereocenters. The molecule has 1 aliphatic heterocycles. The molecule has 1 fully saturated rings. The normalized spacial score (nSPS) is 19.5. The monoisotopic (exact) mass is 278 g/mol. The third-order valence-electron chi connectivity index (χ3n) is 3.74. The molecule has 104 valence electrons. The minimum Gasteiger partial charge on any atom is -0.492 e. The second kappa shape index (κ2) is 6.87. The van der Waals surface area contributed by atoms with Crippen LogP contribution < -0.4 is 10.5 Å². The Morgan fingerprint density at radius 1 is 1.53 bits per heavy atom. The summed E-state index contributed by atoms with van der Waals surface area (Å²) in [7, 11) is 0. The predicted octanol–water partition coefficient (Wildman–Crippen LogP) is 2.57. The average molecular weight is 278 g/mol. The summed E-state index contributed by atoms with van der Waals surface area (Å²) in [6, 6.07) is 8.43. The Morgan fingerprint density at radius 2 is 2.37 bits per heavy atom. The molecular formula is C15H22N2OS. The van der Waals surface area contributed by atoms with Gasteiger partial charge in [0.05, 0.1) is 0 Å². The van der Waals surface area contributed by atoms with Crippen molar-refractivity contribution < 1.29 is 4.74 Å². The Balaban J connectivity index is 1.82. The summed E-state index contributed by atoms with van der Waals surface area (Å²) in [5, 5.41) is 0. The van der Waals surface area contributed by atoms with Crippen molar-refractivity contribution in [1.29, 1.82) is 0 Å². The van der Waals surface area contributed by atoms with Gasteiger partial charge in [-0.15, -0.1) is 0 Å². The Bertz CT molecular complexity index is 436. The van der Waals surface area contributed by atoms with Crippen LogP contribution in [0.1, 0.15) is 31.7 Å². The van der Waals surface area contributed by atoms with Crippen LogP contribution in [0.4, 0.5) is 0 Å². The molecule has 2 rings (SSSR count). The molecule has 4 heteroatoms. The smallest absolute Gasteiger partial charge is 0.120 e. The van der Waals surface area contributed by atoms with E-state index >= 15 is 0 Å². The maximum Gasteiger partial charge on any atom is 0.120 e. The van der Waals surface area contributed by atoms with Gasteiger partial charge in [0.1, 0.15) is 17.3 Å². The van der Waals surface area contributed by atoms with E-state index in [9.17, 15) is 0 Å². The summed E-state index contributed by atoms with van der Waals surface area (Å²) in [5.74, 6) is 0.845. The molecule has 1 heterocycles. The van der Waals surface area contributed by atoms with Crippen LogP contribution in [0.3, 0.4) is 0 Å². The van der Waals surface area contributed by atoms with Crippen LogP contribution in [0.15, 0.2) is 24.3 Å². The fourth-order valence-corrected chi connectivity index (χ4v) is 2.80. The Labute approximate surface area is 120 Å². The molecule has 0 radical (unpaired) electrons. The highest BCUT2D eigenvalue weighted by Crippen LogP contribution is 2.19. The van der Waals surface area contributed by atoms with Gasteiger partial charge in [-0.1, -0.05) is 31.3 Å². The van der Waals surface area contributed by atoms with Crippen molar-refractivity contribution in [3.63, 3.8) is 0 Å². The quantitative estimate of drug-likeness (QED) is 0.812. The molecule has 0 saturated carbocycles. The first kappa shape index (κ1) is 14.3. The summed E-state index contributed by atoms with van der Waals surface area (Å²) in [6.07, 6.45) is 3.87. The lowest BCUT2D eigenvalue weighted by atomic mass is 10.2. The Kier molecular flexibility index (Phi) is 5.16. The molecule has 0 aromatic heterocycles. The van der Waals surface area contributed by atoms with Crippen LogP contribution in [0.5, 0.6) is 5.75 Å². The van der Waals surface area contributed by atoms with E-state index < -0.39 is 0 Å². The van der Waals surface area contributed by atoms with Gasteiger partial charge >= 0.3 is 0 Å². The predicted molar refractivity (Wildman–Crippen MR) is 82.7 cm³/mol. The molecule has 1 aromatic carbocycles. The van der Waals surface area contributed by atoms with Crippen molar-refractivity contribution in [2.75, 3.05) is 19.7 Å². The third-order valence-corrected chi connectivity index (χ3v) is 3.97. The SMILES string of the molecule is CCC1CCCN1CCOc1cccc(C(N)=S)c1. The molecule has 3 nitrogen and oxygen atoms in total. The largest absolute Gasteiger partial charge is 0.492 e. The van der Waals surface area contributed by atoms with Gasteiger partial charge in [-0.25, -0.2) is 0 Å². The zero-order valence-corrected chi connectivity index (χ0v) is 12.3. The second-order valence-electron chi connectivity index (χ2n) is 4.98. The number of benzene rings is 1. The molecule has 19 heavy (non-hydrogen) atoms. The number of hydrogen-bond acceptors (Lipinski definition) is 3. The number of nitrogens with zero attached hydrogens (tertiary/aromatic N) is 1. The zero-order valence-electron chi connectivity index (χ0n) is 11.5. The number of nitrogens with two attached hydrogens (primary N) is 1. The fourth-order valence-electron chi connectivity index (χ4n) is 2.67. The molecule has 0 bridgehead atoms. The number of hydrogen-bond donors (Lipinski definition) is 1. The van der Waals surface area contributed by atoms with Crippen molar-refractivity contribution in [2.24, 2.45) is 5.73 Å². The Morgan fingerprint density at radius 3 is 3.11 bits per heavy atom. The van der Waals surface area contributed by atoms with Crippen molar-refractivity contribution in [1.82, 2.24) is 4.90 Å². The summed E-state index contributed by atoms with van der Waals surface area (Å²) < 4.78 is 5.79. The van der Waals surface area contributed by atoms with Crippen molar-refractivity contribution in [2.45, 2.75) is 32.2 Å². The van der Waals surface area contributed by atoms with Gasteiger partial charge in [-0.3, -0.25) is 4.90 Å².